The molecule has 0 amide bonds. The van der Waals surface area contributed by atoms with Crippen LogP contribution in [0, 0.1) is 0 Å². The minimum absolute atomic E-state index is 0.140. The summed E-state index contributed by atoms with van der Waals surface area (Å²) in [7, 11) is 0. The van der Waals surface area contributed by atoms with Crippen molar-refractivity contribution in [3.8, 4) is 5.75 Å². The number of halogens is 1. The second kappa shape index (κ2) is 6.01. The highest BCUT2D eigenvalue weighted by Gasteiger charge is 2.21. The molecule has 0 saturated carbocycles. The first kappa shape index (κ1) is 14.7. The molecule has 3 nitrogen and oxygen atoms in total. The molecule has 0 heterocycles. The first-order valence-electron chi connectivity index (χ1n) is 5.78. The molecule has 0 fully saturated rings. The van der Waals surface area contributed by atoms with Crippen molar-refractivity contribution in [2.24, 2.45) is 0 Å². The van der Waals surface area contributed by atoms with Crippen LogP contribution >= 0.6 is 11.6 Å². The highest BCUT2D eigenvalue weighted by Crippen LogP contribution is 2.30. The Morgan fingerprint density at radius 1 is 1.22 bits per heavy atom. The molecule has 0 saturated heterocycles. The lowest BCUT2D eigenvalue weighted by Crippen LogP contribution is -2.17. The average Bonchev–Trinajstić information content (AvgIpc) is 2.26. The van der Waals surface area contributed by atoms with Gasteiger partial charge in [0.15, 0.2) is 0 Å². The van der Waals surface area contributed by atoms with E-state index in [-0.39, 0.29) is 16.6 Å². The van der Waals surface area contributed by atoms with E-state index >= 15 is 0 Å². The largest absolute Gasteiger partial charge is 0.427 e. The second-order valence-electron chi connectivity index (χ2n) is 4.86. The summed E-state index contributed by atoms with van der Waals surface area (Å²) in [6, 6.07) is 7.30. The van der Waals surface area contributed by atoms with E-state index in [1.165, 1.54) is 6.92 Å². The number of rotatable bonds is 5. The van der Waals surface area contributed by atoms with E-state index in [0.29, 0.717) is 18.6 Å². The zero-order chi connectivity index (χ0) is 13.8. The molecule has 0 radical (unpaired) electrons. The molecule has 0 bridgehead atoms. The summed E-state index contributed by atoms with van der Waals surface area (Å²) in [5.41, 5.74) is 0.940. The molecule has 0 aliphatic heterocycles. The molecule has 0 atom stereocenters. The third-order valence-corrected chi connectivity index (χ3v) is 3.03. The highest BCUT2D eigenvalue weighted by molar-refractivity contribution is 6.63. The van der Waals surface area contributed by atoms with Gasteiger partial charge >= 0.3 is 5.97 Å². The predicted octanol–water partition coefficient (Wildman–Crippen LogP) is 3.44. The van der Waals surface area contributed by atoms with Crippen molar-refractivity contribution >= 4 is 22.8 Å². The van der Waals surface area contributed by atoms with Gasteiger partial charge in [-0.3, -0.25) is 9.59 Å². The Kier molecular flexibility index (Phi) is 4.91. The van der Waals surface area contributed by atoms with Crippen LogP contribution in [-0.4, -0.2) is 11.2 Å². The van der Waals surface area contributed by atoms with Gasteiger partial charge in [0.2, 0.25) is 5.24 Å². The molecule has 0 N–H and O–H groups in total. The Bertz CT molecular complexity index is 435. The third-order valence-electron chi connectivity index (χ3n) is 2.84. The maximum atomic E-state index is 10.8. The first-order valence-corrected chi connectivity index (χ1v) is 6.16. The van der Waals surface area contributed by atoms with Gasteiger partial charge in [-0.05, 0) is 41.1 Å². The number of hydrogen-bond donors (Lipinski definition) is 0. The van der Waals surface area contributed by atoms with E-state index in [1.54, 1.807) is 12.1 Å². The minimum Gasteiger partial charge on any atom is -0.427 e. The van der Waals surface area contributed by atoms with Gasteiger partial charge in [0.05, 0.1) is 0 Å². The molecular formula is C14H17ClO3. The maximum Gasteiger partial charge on any atom is 0.308 e. The molecule has 0 aliphatic rings. The van der Waals surface area contributed by atoms with Crippen LogP contribution in [0.4, 0.5) is 0 Å². The Morgan fingerprint density at radius 3 is 2.22 bits per heavy atom. The van der Waals surface area contributed by atoms with E-state index in [2.05, 4.69) is 0 Å². The molecule has 1 aromatic rings. The van der Waals surface area contributed by atoms with Gasteiger partial charge in [0.25, 0.3) is 0 Å². The van der Waals surface area contributed by atoms with Crippen molar-refractivity contribution in [2.45, 2.75) is 39.0 Å². The topological polar surface area (TPSA) is 43.4 Å². The molecule has 1 rings (SSSR count). The van der Waals surface area contributed by atoms with Crippen molar-refractivity contribution in [1.82, 2.24) is 0 Å². The Hall–Kier alpha value is -1.35. The van der Waals surface area contributed by atoms with Crippen molar-refractivity contribution in [2.75, 3.05) is 0 Å². The van der Waals surface area contributed by atoms with Crippen LogP contribution in [0.1, 0.15) is 39.2 Å². The fourth-order valence-corrected chi connectivity index (χ4v) is 1.79. The highest BCUT2D eigenvalue weighted by atomic mass is 35.5. The van der Waals surface area contributed by atoms with E-state index in [1.807, 2.05) is 26.0 Å². The Morgan fingerprint density at radius 2 is 1.78 bits per heavy atom. The lowest BCUT2D eigenvalue weighted by molar-refractivity contribution is -0.131. The van der Waals surface area contributed by atoms with Crippen molar-refractivity contribution in [3.05, 3.63) is 29.8 Å². The van der Waals surface area contributed by atoms with Crippen LogP contribution in [-0.2, 0) is 15.0 Å². The van der Waals surface area contributed by atoms with Gasteiger partial charge < -0.3 is 4.74 Å². The van der Waals surface area contributed by atoms with Crippen LogP contribution in [0.5, 0.6) is 5.75 Å². The molecule has 4 heteroatoms. The first-order chi connectivity index (χ1) is 8.31. The maximum absolute atomic E-state index is 10.8. The van der Waals surface area contributed by atoms with E-state index in [0.717, 1.165) is 5.56 Å². The van der Waals surface area contributed by atoms with Crippen LogP contribution < -0.4 is 4.74 Å². The molecule has 98 valence electrons. The monoisotopic (exact) mass is 268 g/mol. The van der Waals surface area contributed by atoms with Gasteiger partial charge in [-0.15, -0.1) is 0 Å². The molecule has 18 heavy (non-hydrogen) atoms. The third kappa shape index (κ3) is 4.49. The Balaban J connectivity index is 2.76. The summed E-state index contributed by atoms with van der Waals surface area (Å²) >= 11 is 5.36. The van der Waals surface area contributed by atoms with Crippen molar-refractivity contribution < 1.29 is 14.3 Å². The van der Waals surface area contributed by atoms with E-state index in [9.17, 15) is 9.59 Å². The van der Waals surface area contributed by atoms with Gasteiger partial charge in [-0.2, -0.15) is 0 Å². The molecule has 0 aliphatic carbocycles. The number of carbonyl (C=O) groups is 2. The summed E-state index contributed by atoms with van der Waals surface area (Å²) < 4.78 is 4.97. The van der Waals surface area contributed by atoms with Gasteiger partial charge in [-0.1, -0.05) is 26.0 Å². The van der Waals surface area contributed by atoms with Crippen LogP contribution in [0.15, 0.2) is 24.3 Å². The smallest absolute Gasteiger partial charge is 0.308 e. The normalized spacial score (nSPS) is 11.1. The van der Waals surface area contributed by atoms with Crippen molar-refractivity contribution in [1.29, 1.82) is 0 Å². The number of carbonyl (C=O) groups excluding carboxylic acids is 2. The number of hydrogen-bond acceptors (Lipinski definition) is 3. The zero-order valence-electron chi connectivity index (χ0n) is 10.8. The van der Waals surface area contributed by atoms with Crippen LogP contribution in [0.2, 0.25) is 0 Å². The standard InChI is InChI=1S/C14H17ClO3/c1-10(16)18-12-6-4-11(5-7-12)14(2,3)9-8-13(15)17/h4-7H,8-9H2,1-3H3. The van der Waals surface area contributed by atoms with E-state index < -0.39 is 0 Å². The summed E-state index contributed by atoms with van der Waals surface area (Å²) in [5, 5.41) is -0.320. The fourth-order valence-electron chi connectivity index (χ4n) is 1.70. The van der Waals surface area contributed by atoms with Crippen molar-refractivity contribution in [3.63, 3.8) is 0 Å². The second-order valence-corrected chi connectivity index (χ2v) is 5.28. The van der Waals surface area contributed by atoms with Crippen LogP contribution in [0.3, 0.4) is 0 Å². The van der Waals surface area contributed by atoms with Gasteiger partial charge in [0, 0.05) is 13.3 Å². The summed E-state index contributed by atoms with van der Waals surface area (Å²) in [4.78, 5) is 21.6. The quantitative estimate of drug-likeness (QED) is 0.467. The summed E-state index contributed by atoms with van der Waals surface area (Å²) in [6.45, 7) is 5.46. The fraction of sp³-hybridized carbons (Fsp3) is 0.429. The SMILES string of the molecule is CC(=O)Oc1ccc(C(C)(C)CCC(=O)Cl)cc1. The van der Waals surface area contributed by atoms with Gasteiger partial charge in [0.1, 0.15) is 5.75 Å². The summed E-state index contributed by atoms with van der Waals surface area (Å²) in [6.07, 6.45) is 1.03. The minimum atomic E-state index is -0.338. The summed E-state index contributed by atoms with van der Waals surface area (Å²) in [5.74, 6) is 0.185. The molecule has 0 spiro atoms. The molecule has 0 aromatic heterocycles. The molecule has 1 aromatic carbocycles. The predicted molar refractivity (Wildman–Crippen MR) is 70.9 cm³/mol. The molecular weight excluding hydrogens is 252 g/mol. The lowest BCUT2D eigenvalue weighted by Gasteiger charge is -2.24. The average molecular weight is 269 g/mol. The van der Waals surface area contributed by atoms with Gasteiger partial charge in [-0.25, -0.2) is 0 Å². The van der Waals surface area contributed by atoms with Crippen LogP contribution in [0.25, 0.3) is 0 Å². The number of benzene rings is 1. The number of ether oxygens (including phenoxy) is 1. The lowest BCUT2D eigenvalue weighted by atomic mass is 9.81. The Labute approximate surface area is 112 Å². The zero-order valence-corrected chi connectivity index (χ0v) is 11.6. The number of esters is 1. The van der Waals surface area contributed by atoms with E-state index in [4.69, 9.17) is 16.3 Å². The molecule has 0 unspecified atom stereocenters.